The molecule has 0 aromatic carbocycles. The van der Waals surface area contributed by atoms with E-state index in [1.54, 1.807) is 6.08 Å². The summed E-state index contributed by atoms with van der Waals surface area (Å²) in [5.74, 6) is -0.714. The van der Waals surface area contributed by atoms with E-state index in [9.17, 15) is 38.7 Å². The lowest BCUT2D eigenvalue weighted by molar-refractivity contribution is -0.298. The molecule has 1 saturated heterocycles. The van der Waals surface area contributed by atoms with Crippen LogP contribution < -0.4 is 5.32 Å². The number of hydrogen-bond donors (Lipinski definition) is 7. The van der Waals surface area contributed by atoms with Crippen molar-refractivity contribution in [3.63, 3.8) is 0 Å². The van der Waals surface area contributed by atoms with Gasteiger partial charge in [-0.3, -0.25) is 9.35 Å². The van der Waals surface area contributed by atoms with Crippen LogP contribution in [0.25, 0.3) is 0 Å². The molecule has 7 N–H and O–H groups in total. The van der Waals surface area contributed by atoms with Crippen LogP contribution in [0, 0.1) is 0 Å². The summed E-state index contributed by atoms with van der Waals surface area (Å²) in [5, 5.41) is 54.8. The fourth-order valence-electron chi connectivity index (χ4n) is 7.19. The van der Waals surface area contributed by atoms with Crippen LogP contribution in [0.4, 0.5) is 0 Å². The Bertz CT molecular complexity index is 1160. The van der Waals surface area contributed by atoms with E-state index in [4.69, 9.17) is 14.0 Å². The van der Waals surface area contributed by atoms with Gasteiger partial charge in [0.15, 0.2) is 6.29 Å². The van der Waals surface area contributed by atoms with Crippen LogP contribution in [0.2, 0.25) is 0 Å². The molecule has 342 valence electrons. The summed E-state index contributed by atoms with van der Waals surface area (Å²) in [5.41, 5.74) is 0. The summed E-state index contributed by atoms with van der Waals surface area (Å²) in [4.78, 5) is 13.0. The van der Waals surface area contributed by atoms with E-state index in [-0.39, 0.29) is 6.42 Å². The van der Waals surface area contributed by atoms with Gasteiger partial charge in [-0.05, 0) is 25.7 Å². The number of aliphatic hydroxyl groups is 5. The van der Waals surface area contributed by atoms with Crippen molar-refractivity contribution >= 4 is 16.3 Å². The molecule has 0 radical (unpaired) electrons. The molecule has 1 aliphatic rings. The Hall–Kier alpha value is -1.46. The second-order valence-electron chi connectivity index (χ2n) is 16.1. The molecule has 58 heavy (non-hydrogen) atoms. The molecule has 1 fully saturated rings. The minimum atomic E-state index is -5.11. The molecule has 1 aliphatic heterocycles. The predicted octanol–water partition coefficient (Wildman–Crippen LogP) is 7.52. The molecule has 13 nitrogen and oxygen atoms in total. The Labute approximate surface area is 351 Å². The van der Waals surface area contributed by atoms with Gasteiger partial charge in [0.25, 0.3) is 0 Å². The van der Waals surface area contributed by atoms with Crippen LogP contribution in [0.15, 0.2) is 24.3 Å². The molecule has 8 unspecified atom stereocenters. The van der Waals surface area contributed by atoms with Gasteiger partial charge in [0.05, 0.1) is 25.4 Å². The Morgan fingerprint density at radius 2 is 1.16 bits per heavy atom. The third kappa shape index (κ3) is 27.4. The number of unbranched alkanes of at least 4 members (excludes halogenated alkanes) is 23. The summed E-state index contributed by atoms with van der Waals surface area (Å²) in [6.45, 7) is 3.07. The summed E-state index contributed by atoms with van der Waals surface area (Å²) >= 11 is 0. The highest BCUT2D eigenvalue weighted by Crippen LogP contribution is 2.26. The summed E-state index contributed by atoms with van der Waals surface area (Å²) in [6, 6.07) is -1.13. The average molecular weight is 850 g/mol. The van der Waals surface area contributed by atoms with Gasteiger partial charge in [-0.15, -0.1) is 0 Å². The first-order chi connectivity index (χ1) is 27.9. The fraction of sp³-hybridized carbons (Fsp3) is 0.886. The first kappa shape index (κ1) is 54.6. The number of nitrogens with one attached hydrogen (secondary N) is 1. The minimum absolute atomic E-state index is 0.240. The van der Waals surface area contributed by atoms with Crippen molar-refractivity contribution in [1.82, 2.24) is 5.32 Å². The molecular weight excluding hydrogens is 767 g/mol. The van der Waals surface area contributed by atoms with Crippen molar-refractivity contribution in [2.24, 2.45) is 0 Å². The molecule has 1 rings (SSSR count). The van der Waals surface area contributed by atoms with Crippen LogP contribution in [-0.4, -0.2) is 107 Å². The van der Waals surface area contributed by atoms with Crippen LogP contribution >= 0.6 is 0 Å². The Kier molecular flexibility index (Phi) is 33.1. The third-order valence-electron chi connectivity index (χ3n) is 10.8. The number of hydrogen-bond acceptors (Lipinski definition) is 11. The van der Waals surface area contributed by atoms with E-state index in [2.05, 4.69) is 29.4 Å². The maximum atomic E-state index is 13.0. The van der Waals surface area contributed by atoms with Gasteiger partial charge in [-0.2, -0.15) is 8.42 Å². The molecule has 0 saturated carbocycles. The normalized spacial score (nSPS) is 21.8. The van der Waals surface area contributed by atoms with Gasteiger partial charge in [0.1, 0.15) is 30.5 Å². The van der Waals surface area contributed by atoms with Crippen molar-refractivity contribution in [2.45, 2.75) is 236 Å². The Balaban J connectivity index is 2.40. The molecule has 1 heterocycles. The van der Waals surface area contributed by atoms with Crippen LogP contribution in [0.3, 0.4) is 0 Å². The maximum absolute atomic E-state index is 13.0. The number of rotatable bonds is 38. The Morgan fingerprint density at radius 1 is 0.690 bits per heavy atom. The smallest absolute Gasteiger partial charge is 0.394 e. The highest BCUT2D eigenvalue weighted by molar-refractivity contribution is 7.80. The van der Waals surface area contributed by atoms with Crippen molar-refractivity contribution < 1.29 is 57.0 Å². The molecule has 14 heteroatoms. The van der Waals surface area contributed by atoms with E-state index in [1.807, 2.05) is 6.08 Å². The first-order valence-electron chi connectivity index (χ1n) is 22.8. The van der Waals surface area contributed by atoms with Crippen LogP contribution in [0.5, 0.6) is 0 Å². The number of amides is 1. The summed E-state index contributed by atoms with van der Waals surface area (Å²) in [7, 11) is -5.11. The van der Waals surface area contributed by atoms with E-state index in [1.165, 1.54) is 122 Å². The average Bonchev–Trinajstić information content (AvgIpc) is 3.19. The lowest BCUT2D eigenvalue weighted by Crippen LogP contribution is -2.61. The van der Waals surface area contributed by atoms with Gasteiger partial charge in [0, 0.05) is 0 Å². The minimum Gasteiger partial charge on any atom is -0.394 e. The number of allylic oxidation sites excluding steroid dienone is 3. The zero-order valence-corrected chi connectivity index (χ0v) is 36.8. The molecule has 8 atom stereocenters. The van der Waals surface area contributed by atoms with Crippen LogP contribution in [-0.2, 0) is 28.9 Å². The zero-order chi connectivity index (χ0) is 42.9. The lowest BCUT2D eigenvalue weighted by atomic mass is 9.99. The summed E-state index contributed by atoms with van der Waals surface area (Å²) in [6.07, 6.45) is 27.5. The molecule has 0 bridgehead atoms. The van der Waals surface area contributed by atoms with E-state index in [0.29, 0.717) is 12.8 Å². The molecule has 0 aliphatic carbocycles. The van der Waals surface area contributed by atoms with Gasteiger partial charge in [-0.25, -0.2) is 4.18 Å². The van der Waals surface area contributed by atoms with Crippen LogP contribution in [0.1, 0.15) is 187 Å². The van der Waals surface area contributed by atoms with Crippen molar-refractivity contribution in [3.8, 4) is 0 Å². The molecule has 0 aromatic rings. The predicted molar refractivity (Wildman–Crippen MR) is 228 cm³/mol. The molecule has 0 aromatic heterocycles. The van der Waals surface area contributed by atoms with Gasteiger partial charge < -0.3 is 40.3 Å². The highest BCUT2D eigenvalue weighted by Gasteiger charge is 2.48. The zero-order valence-electron chi connectivity index (χ0n) is 36.0. The topological polar surface area (TPSA) is 212 Å². The second kappa shape index (κ2) is 35.2. The lowest BCUT2D eigenvalue weighted by Gasteiger charge is -2.41. The first-order valence-corrected chi connectivity index (χ1v) is 24.2. The standard InChI is InChI=1S/C44H83NO12S/c1-3-5-7-9-11-12-13-14-15-16-17-18-19-20-21-22-23-24-25-27-29-31-33-38(48)43(51)45-36(37(47)32-30-28-26-10-8-6-4-2)35-55-44-41(50)42(57-58(52,53)54)40(49)39(34-46)56-44/h8,10,30,32,36-42,44,46-50H,3-7,9,11-29,31,33-35H2,1-2H3,(H,45,51)(H,52,53,54)/b10-8+,32-30+. The van der Waals surface area contributed by atoms with E-state index >= 15 is 0 Å². The number of carbonyl (C=O) groups is 1. The number of carbonyl (C=O) groups excluding carboxylic acids is 1. The van der Waals surface area contributed by atoms with Gasteiger partial charge in [-0.1, -0.05) is 186 Å². The monoisotopic (exact) mass is 850 g/mol. The quantitative estimate of drug-likeness (QED) is 0.0183. The maximum Gasteiger partial charge on any atom is 0.397 e. The molecule has 1 amide bonds. The SMILES string of the molecule is CCC/C=C/CC/C=C/C(O)C(COC1OC(CO)C(O)C(OS(=O)(=O)O)C1O)NC(=O)C(O)CCCCCCCCCCCCCCCCCCCCCCCC. The van der Waals surface area contributed by atoms with E-state index < -0.39 is 78.5 Å². The number of ether oxygens (including phenoxy) is 2. The highest BCUT2D eigenvalue weighted by atomic mass is 32.3. The summed E-state index contributed by atoms with van der Waals surface area (Å²) < 4.78 is 47.2. The van der Waals surface area contributed by atoms with E-state index in [0.717, 1.165) is 38.5 Å². The second-order valence-corrected chi connectivity index (χ2v) is 17.2. The molecule has 0 spiro atoms. The van der Waals surface area contributed by atoms with Crippen molar-refractivity contribution in [2.75, 3.05) is 13.2 Å². The van der Waals surface area contributed by atoms with Crippen molar-refractivity contribution in [3.05, 3.63) is 24.3 Å². The third-order valence-corrected chi connectivity index (χ3v) is 11.3. The largest absolute Gasteiger partial charge is 0.397 e. The Morgan fingerprint density at radius 3 is 1.62 bits per heavy atom. The van der Waals surface area contributed by atoms with Gasteiger partial charge in [0.2, 0.25) is 5.91 Å². The van der Waals surface area contributed by atoms with Gasteiger partial charge >= 0.3 is 10.4 Å². The molecular formula is C44H83NO12S. The van der Waals surface area contributed by atoms with Crippen molar-refractivity contribution in [1.29, 1.82) is 0 Å². The number of aliphatic hydroxyl groups excluding tert-OH is 5. The fourth-order valence-corrected chi connectivity index (χ4v) is 7.70.